The van der Waals surface area contributed by atoms with Gasteiger partial charge in [0.05, 0.1) is 23.0 Å². The van der Waals surface area contributed by atoms with Crippen LogP contribution in [0.25, 0.3) is 22.2 Å². The van der Waals surface area contributed by atoms with Crippen LogP contribution >= 0.6 is 0 Å². The van der Waals surface area contributed by atoms with E-state index in [1.54, 1.807) is 12.3 Å². The first kappa shape index (κ1) is 23.8. The molecule has 0 bridgehead atoms. The minimum atomic E-state index is -0.532. The van der Waals surface area contributed by atoms with E-state index in [1.165, 1.54) is 5.56 Å². The molecule has 4 aromatic rings. The van der Waals surface area contributed by atoms with E-state index >= 15 is 0 Å². The monoisotopic (exact) mass is 483 g/mol. The van der Waals surface area contributed by atoms with Gasteiger partial charge in [0.15, 0.2) is 0 Å². The Morgan fingerprint density at radius 3 is 2.61 bits per heavy atom. The van der Waals surface area contributed by atoms with E-state index in [1.807, 2.05) is 24.3 Å². The number of carbonyl (C=O) groups excluding carboxylic acids is 1. The number of primary amides is 1. The van der Waals surface area contributed by atoms with Crippen LogP contribution in [-0.4, -0.2) is 40.2 Å². The first-order valence-corrected chi connectivity index (χ1v) is 12.4. The minimum absolute atomic E-state index is 0.00489. The van der Waals surface area contributed by atoms with E-state index in [0.29, 0.717) is 17.4 Å². The number of carbonyl (C=O) groups is 1. The third-order valence-corrected chi connectivity index (χ3v) is 6.69. The number of pyridine rings is 1. The summed E-state index contributed by atoms with van der Waals surface area (Å²) in [7, 11) is 0. The van der Waals surface area contributed by atoms with Gasteiger partial charge < -0.3 is 21.7 Å². The molecule has 1 fully saturated rings. The van der Waals surface area contributed by atoms with Crippen molar-refractivity contribution in [3.05, 3.63) is 65.9 Å². The molecule has 8 nitrogen and oxygen atoms in total. The summed E-state index contributed by atoms with van der Waals surface area (Å²) >= 11 is 0. The second-order valence-corrected chi connectivity index (χ2v) is 10.4. The van der Waals surface area contributed by atoms with E-state index in [4.69, 9.17) is 10.7 Å². The van der Waals surface area contributed by atoms with Crippen LogP contribution in [-0.2, 0) is 5.41 Å². The quantitative estimate of drug-likeness (QED) is 0.265. The van der Waals surface area contributed by atoms with Crippen LogP contribution in [0.4, 0.5) is 17.2 Å². The zero-order valence-corrected chi connectivity index (χ0v) is 21.0. The Labute approximate surface area is 211 Å². The zero-order valence-electron chi connectivity index (χ0n) is 21.0. The summed E-state index contributed by atoms with van der Waals surface area (Å²) in [5.41, 5.74) is 11.8. The minimum Gasteiger partial charge on any atom is -0.382 e. The van der Waals surface area contributed by atoms with Crippen molar-refractivity contribution in [2.45, 2.75) is 45.1 Å². The first-order valence-electron chi connectivity index (χ1n) is 12.4. The molecule has 1 amide bonds. The van der Waals surface area contributed by atoms with Gasteiger partial charge in [-0.1, -0.05) is 32.9 Å². The van der Waals surface area contributed by atoms with Gasteiger partial charge in [-0.2, -0.15) is 5.10 Å². The highest BCUT2D eigenvalue weighted by molar-refractivity contribution is 5.99. The maximum absolute atomic E-state index is 12.2. The molecule has 6 N–H and O–H groups in total. The van der Waals surface area contributed by atoms with Gasteiger partial charge in [0.25, 0.3) is 5.91 Å². The molecule has 36 heavy (non-hydrogen) atoms. The lowest BCUT2D eigenvalue weighted by atomic mass is 9.84. The summed E-state index contributed by atoms with van der Waals surface area (Å²) in [6.45, 7) is 8.74. The normalized spacial score (nSPS) is 14.6. The van der Waals surface area contributed by atoms with Crippen molar-refractivity contribution in [2.75, 3.05) is 23.7 Å². The molecular weight excluding hydrogens is 450 g/mol. The van der Waals surface area contributed by atoms with E-state index in [-0.39, 0.29) is 5.41 Å². The average molecular weight is 484 g/mol. The molecule has 0 radical (unpaired) electrons. The molecule has 1 aliphatic heterocycles. The molecule has 1 aliphatic rings. The molecule has 5 rings (SSSR count). The maximum atomic E-state index is 12.2. The van der Waals surface area contributed by atoms with Crippen LogP contribution < -0.4 is 21.7 Å². The summed E-state index contributed by atoms with van der Waals surface area (Å²) in [4.78, 5) is 17.0. The number of anilines is 3. The van der Waals surface area contributed by atoms with Crippen molar-refractivity contribution >= 4 is 34.0 Å². The van der Waals surface area contributed by atoms with E-state index in [0.717, 1.165) is 59.5 Å². The van der Waals surface area contributed by atoms with Crippen molar-refractivity contribution in [1.29, 1.82) is 0 Å². The number of nitrogens with one attached hydrogen (secondary N) is 4. The van der Waals surface area contributed by atoms with Gasteiger partial charge in [-0.15, -0.1) is 0 Å². The first-order chi connectivity index (χ1) is 17.3. The standard InChI is InChI=1S/C28H33N7O/c1-28(2,3)22-8-5-17(14-25(22)32-19-10-12-30-13-11-19)23-9-7-21(26(29)36)27(34-23)33-20-6-4-18-16-31-35-24(18)15-20/h4-9,14-16,19,30,32H,10-13H2,1-3H3,(H2,29,36)(H,31,35)(H,33,34). The fourth-order valence-electron chi connectivity index (χ4n) is 4.73. The predicted octanol–water partition coefficient (Wildman–Crippen LogP) is 4.93. The van der Waals surface area contributed by atoms with Crippen LogP contribution in [0, 0.1) is 0 Å². The van der Waals surface area contributed by atoms with Gasteiger partial charge in [-0.05, 0) is 73.3 Å². The van der Waals surface area contributed by atoms with E-state index in [2.05, 4.69) is 65.1 Å². The molecule has 0 atom stereocenters. The fourth-order valence-corrected chi connectivity index (χ4v) is 4.73. The molecule has 186 valence electrons. The number of rotatable bonds is 6. The number of piperidine rings is 1. The Hall–Kier alpha value is -3.91. The van der Waals surface area contributed by atoms with Crippen LogP contribution in [0.5, 0.6) is 0 Å². The molecule has 0 unspecified atom stereocenters. The SMILES string of the molecule is CC(C)(C)c1ccc(-c2ccc(C(N)=O)c(Nc3ccc4cn[nH]c4c3)n2)cc1NC1CCNCC1. The highest BCUT2D eigenvalue weighted by Gasteiger charge is 2.22. The van der Waals surface area contributed by atoms with E-state index < -0.39 is 5.91 Å². The summed E-state index contributed by atoms with van der Waals surface area (Å²) in [6, 6.07) is 16.3. The Balaban J connectivity index is 1.51. The van der Waals surface area contributed by atoms with Crippen LogP contribution in [0.3, 0.4) is 0 Å². The third kappa shape index (κ3) is 5.04. The Morgan fingerprint density at radius 1 is 1.06 bits per heavy atom. The lowest BCUT2D eigenvalue weighted by Crippen LogP contribution is -2.35. The predicted molar refractivity (Wildman–Crippen MR) is 146 cm³/mol. The number of fused-ring (bicyclic) bond motifs is 1. The van der Waals surface area contributed by atoms with Gasteiger partial charge in [0.1, 0.15) is 5.82 Å². The number of aromatic amines is 1. The van der Waals surface area contributed by atoms with Gasteiger partial charge in [0, 0.05) is 28.4 Å². The smallest absolute Gasteiger partial charge is 0.252 e. The number of nitrogens with zero attached hydrogens (tertiary/aromatic N) is 2. The summed E-state index contributed by atoms with van der Waals surface area (Å²) in [5, 5.41) is 18.5. The topological polar surface area (TPSA) is 121 Å². The second-order valence-electron chi connectivity index (χ2n) is 10.4. The number of aromatic nitrogens is 3. The van der Waals surface area contributed by atoms with Crippen molar-refractivity contribution in [3.8, 4) is 11.3 Å². The third-order valence-electron chi connectivity index (χ3n) is 6.69. The van der Waals surface area contributed by atoms with Crippen LogP contribution in [0.1, 0.15) is 49.5 Å². The number of hydrogen-bond donors (Lipinski definition) is 5. The summed E-state index contributed by atoms with van der Waals surface area (Å²) in [6.07, 6.45) is 3.95. The van der Waals surface area contributed by atoms with Crippen molar-refractivity contribution in [2.24, 2.45) is 5.73 Å². The Bertz CT molecular complexity index is 1400. The summed E-state index contributed by atoms with van der Waals surface area (Å²) in [5.74, 6) is -0.109. The molecule has 8 heteroatoms. The van der Waals surface area contributed by atoms with Crippen molar-refractivity contribution in [3.63, 3.8) is 0 Å². The maximum Gasteiger partial charge on any atom is 0.252 e. The highest BCUT2D eigenvalue weighted by atomic mass is 16.1. The lowest BCUT2D eigenvalue weighted by molar-refractivity contribution is 0.100. The number of H-pyrrole nitrogens is 1. The molecule has 2 aromatic heterocycles. The van der Waals surface area contributed by atoms with Crippen LogP contribution in [0.2, 0.25) is 0 Å². The lowest BCUT2D eigenvalue weighted by Gasteiger charge is -2.29. The number of amides is 1. The van der Waals surface area contributed by atoms with Gasteiger partial charge in [0.2, 0.25) is 0 Å². The number of nitrogens with two attached hydrogens (primary N) is 1. The van der Waals surface area contributed by atoms with Gasteiger partial charge in [-0.3, -0.25) is 9.89 Å². The molecule has 3 heterocycles. The van der Waals surface area contributed by atoms with E-state index in [9.17, 15) is 4.79 Å². The zero-order chi connectivity index (χ0) is 25.3. The molecule has 0 aliphatic carbocycles. The number of benzene rings is 2. The van der Waals surface area contributed by atoms with Crippen molar-refractivity contribution in [1.82, 2.24) is 20.5 Å². The van der Waals surface area contributed by atoms with Gasteiger partial charge >= 0.3 is 0 Å². The molecular formula is C28H33N7O. The summed E-state index contributed by atoms with van der Waals surface area (Å²) < 4.78 is 0. The Kier molecular flexibility index (Phi) is 6.36. The Morgan fingerprint density at radius 2 is 1.86 bits per heavy atom. The molecule has 0 saturated carbocycles. The average Bonchev–Trinajstić information content (AvgIpc) is 3.32. The largest absolute Gasteiger partial charge is 0.382 e. The highest BCUT2D eigenvalue weighted by Crippen LogP contribution is 2.35. The van der Waals surface area contributed by atoms with Gasteiger partial charge in [-0.25, -0.2) is 4.98 Å². The fraction of sp³-hybridized carbons (Fsp3) is 0.321. The van der Waals surface area contributed by atoms with Crippen molar-refractivity contribution < 1.29 is 4.79 Å². The molecule has 1 saturated heterocycles. The number of hydrogen-bond acceptors (Lipinski definition) is 6. The molecule has 2 aromatic carbocycles. The molecule has 0 spiro atoms. The van der Waals surface area contributed by atoms with Crippen LogP contribution in [0.15, 0.2) is 54.7 Å². The second kappa shape index (κ2) is 9.62.